The van der Waals surface area contributed by atoms with Crippen LogP contribution in [0.15, 0.2) is 65.7 Å². The van der Waals surface area contributed by atoms with Gasteiger partial charge in [-0.2, -0.15) is 0 Å². The Balaban J connectivity index is 1.69. The van der Waals surface area contributed by atoms with Gasteiger partial charge in [-0.3, -0.25) is 14.2 Å². The molecule has 3 aromatic rings. The Morgan fingerprint density at radius 1 is 1.12 bits per heavy atom. The van der Waals surface area contributed by atoms with Crippen LogP contribution in [0.3, 0.4) is 0 Å². The molecule has 3 rings (SSSR count). The number of hydrogen-bond donors (Lipinski definition) is 1. The third-order valence-electron chi connectivity index (χ3n) is 4.35. The summed E-state index contributed by atoms with van der Waals surface area (Å²) in [5.41, 5.74) is 1.55. The molecule has 0 saturated carbocycles. The van der Waals surface area contributed by atoms with Crippen molar-refractivity contribution in [1.82, 2.24) is 19.8 Å². The van der Waals surface area contributed by atoms with Crippen LogP contribution in [0, 0.1) is 0 Å². The molecule has 1 heterocycles. The average Bonchev–Trinajstić information content (AvgIpc) is 2.65. The van der Waals surface area contributed by atoms with Crippen LogP contribution < -0.4 is 10.9 Å². The number of nitrogens with one attached hydrogen (secondary N) is 1. The van der Waals surface area contributed by atoms with Crippen molar-refractivity contribution in [2.75, 3.05) is 20.6 Å². The van der Waals surface area contributed by atoms with E-state index in [4.69, 9.17) is 0 Å². The van der Waals surface area contributed by atoms with Gasteiger partial charge in [-0.25, -0.2) is 4.98 Å². The van der Waals surface area contributed by atoms with E-state index in [1.165, 1.54) is 10.9 Å². The number of carbonyl (C=O) groups is 1. The minimum absolute atomic E-state index is 0.0500. The minimum Gasteiger partial charge on any atom is -0.353 e. The smallest absolute Gasteiger partial charge is 0.261 e. The summed E-state index contributed by atoms with van der Waals surface area (Å²) in [5, 5.41) is 3.43. The van der Waals surface area contributed by atoms with Crippen LogP contribution in [0.25, 0.3) is 10.9 Å². The van der Waals surface area contributed by atoms with Gasteiger partial charge in [0.1, 0.15) is 6.54 Å². The highest BCUT2D eigenvalue weighted by atomic mass is 16.2. The normalized spacial score (nSPS) is 12.3. The van der Waals surface area contributed by atoms with Crippen molar-refractivity contribution < 1.29 is 4.79 Å². The van der Waals surface area contributed by atoms with Crippen LogP contribution in [0.1, 0.15) is 11.6 Å². The summed E-state index contributed by atoms with van der Waals surface area (Å²) in [5.74, 6) is -0.216. The largest absolute Gasteiger partial charge is 0.353 e. The van der Waals surface area contributed by atoms with Crippen LogP contribution in [0.5, 0.6) is 0 Å². The zero-order valence-corrected chi connectivity index (χ0v) is 14.9. The molecule has 0 unspecified atom stereocenters. The highest BCUT2D eigenvalue weighted by Crippen LogP contribution is 2.16. The van der Waals surface area contributed by atoms with Gasteiger partial charge in [0.2, 0.25) is 5.91 Å². The molecule has 1 atom stereocenters. The Kier molecular flexibility index (Phi) is 5.43. The van der Waals surface area contributed by atoms with Crippen molar-refractivity contribution >= 4 is 16.8 Å². The standard InChI is InChI=1S/C20H22N4O2/c1-23(2)18(15-8-4-3-5-9-15)12-21-19(25)13-24-14-22-17-11-7-6-10-16(17)20(24)26/h3-11,14,18H,12-13H2,1-2H3,(H,21,25)/t18-/m0/s1. The first-order valence-corrected chi connectivity index (χ1v) is 8.48. The van der Waals surface area contributed by atoms with E-state index in [2.05, 4.69) is 15.2 Å². The molecule has 134 valence electrons. The van der Waals surface area contributed by atoms with E-state index < -0.39 is 0 Å². The fourth-order valence-corrected chi connectivity index (χ4v) is 2.91. The first-order chi connectivity index (χ1) is 12.6. The molecule has 1 N–H and O–H groups in total. The van der Waals surface area contributed by atoms with Crippen molar-refractivity contribution in [3.05, 3.63) is 76.8 Å². The lowest BCUT2D eigenvalue weighted by atomic mass is 10.1. The van der Waals surface area contributed by atoms with Gasteiger partial charge >= 0.3 is 0 Å². The highest BCUT2D eigenvalue weighted by molar-refractivity contribution is 5.78. The number of fused-ring (bicyclic) bond motifs is 1. The SMILES string of the molecule is CN(C)[C@@H](CNC(=O)Cn1cnc2ccccc2c1=O)c1ccccc1. The molecule has 0 saturated heterocycles. The zero-order valence-electron chi connectivity index (χ0n) is 14.9. The van der Waals surface area contributed by atoms with Crippen LogP contribution >= 0.6 is 0 Å². The Morgan fingerprint density at radius 3 is 2.54 bits per heavy atom. The first-order valence-electron chi connectivity index (χ1n) is 8.48. The Hall–Kier alpha value is -2.99. The van der Waals surface area contributed by atoms with E-state index in [0.29, 0.717) is 17.4 Å². The lowest BCUT2D eigenvalue weighted by molar-refractivity contribution is -0.121. The molecule has 0 bridgehead atoms. The Bertz CT molecular complexity index is 951. The van der Waals surface area contributed by atoms with E-state index in [1.54, 1.807) is 18.2 Å². The predicted molar refractivity (Wildman–Crippen MR) is 102 cm³/mol. The van der Waals surface area contributed by atoms with E-state index >= 15 is 0 Å². The van der Waals surface area contributed by atoms with Crippen LogP contribution in [0.2, 0.25) is 0 Å². The summed E-state index contributed by atoms with van der Waals surface area (Å²) in [6.45, 7) is 0.414. The third kappa shape index (κ3) is 3.97. The van der Waals surface area contributed by atoms with Crippen LogP contribution in [-0.4, -0.2) is 41.0 Å². The lowest BCUT2D eigenvalue weighted by Crippen LogP contribution is -2.37. The second kappa shape index (κ2) is 7.93. The maximum atomic E-state index is 12.5. The minimum atomic E-state index is -0.216. The number of para-hydroxylation sites is 1. The number of likely N-dealkylation sites (N-methyl/N-ethyl adjacent to an activating group) is 1. The fourth-order valence-electron chi connectivity index (χ4n) is 2.91. The molecular formula is C20H22N4O2. The topological polar surface area (TPSA) is 67.2 Å². The number of nitrogens with zero attached hydrogens (tertiary/aromatic N) is 3. The van der Waals surface area contributed by atoms with Crippen LogP contribution in [-0.2, 0) is 11.3 Å². The monoisotopic (exact) mass is 350 g/mol. The Labute approximate surface area is 152 Å². The van der Waals surface area contributed by atoms with Crippen LogP contribution in [0.4, 0.5) is 0 Å². The average molecular weight is 350 g/mol. The molecule has 1 amide bonds. The number of hydrogen-bond acceptors (Lipinski definition) is 4. The molecule has 0 radical (unpaired) electrons. The number of carbonyl (C=O) groups excluding carboxylic acids is 1. The Morgan fingerprint density at radius 2 is 1.81 bits per heavy atom. The number of rotatable bonds is 6. The van der Waals surface area contributed by atoms with E-state index in [-0.39, 0.29) is 24.1 Å². The van der Waals surface area contributed by atoms with Gasteiger partial charge in [0.15, 0.2) is 0 Å². The molecule has 6 heteroatoms. The van der Waals surface area contributed by atoms with E-state index in [9.17, 15) is 9.59 Å². The summed E-state index contributed by atoms with van der Waals surface area (Å²) in [6.07, 6.45) is 1.42. The molecule has 0 fully saturated rings. The fraction of sp³-hybridized carbons (Fsp3) is 0.250. The second-order valence-corrected chi connectivity index (χ2v) is 6.39. The molecule has 0 aliphatic heterocycles. The van der Waals surface area contributed by atoms with E-state index in [0.717, 1.165) is 5.56 Å². The van der Waals surface area contributed by atoms with Gasteiger partial charge < -0.3 is 10.2 Å². The van der Waals surface area contributed by atoms with Gasteiger partial charge in [-0.05, 0) is 31.8 Å². The van der Waals surface area contributed by atoms with Gasteiger partial charge in [0.05, 0.1) is 23.3 Å². The quantitative estimate of drug-likeness (QED) is 0.736. The van der Waals surface area contributed by atoms with Crippen molar-refractivity contribution in [2.45, 2.75) is 12.6 Å². The number of benzene rings is 2. The molecule has 0 aliphatic rings. The molecule has 26 heavy (non-hydrogen) atoms. The van der Waals surface area contributed by atoms with Crippen molar-refractivity contribution in [3.8, 4) is 0 Å². The van der Waals surface area contributed by atoms with Crippen molar-refractivity contribution in [3.63, 3.8) is 0 Å². The molecule has 1 aromatic heterocycles. The number of aromatic nitrogens is 2. The molecule has 0 spiro atoms. The van der Waals surface area contributed by atoms with Gasteiger partial charge in [-0.15, -0.1) is 0 Å². The zero-order chi connectivity index (χ0) is 18.5. The van der Waals surface area contributed by atoms with Gasteiger partial charge in [-0.1, -0.05) is 42.5 Å². The summed E-state index contributed by atoms with van der Waals surface area (Å²) in [4.78, 5) is 31.1. The van der Waals surface area contributed by atoms with Gasteiger partial charge in [0, 0.05) is 6.54 Å². The predicted octanol–water partition coefficient (Wildman–Crippen LogP) is 1.82. The number of amides is 1. The van der Waals surface area contributed by atoms with Gasteiger partial charge in [0.25, 0.3) is 5.56 Å². The summed E-state index contributed by atoms with van der Waals surface area (Å²) in [7, 11) is 3.95. The maximum absolute atomic E-state index is 12.5. The summed E-state index contributed by atoms with van der Waals surface area (Å²) >= 11 is 0. The molecule has 2 aromatic carbocycles. The first kappa shape index (κ1) is 17.8. The summed E-state index contributed by atoms with van der Waals surface area (Å²) in [6, 6.07) is 17.2. The molecule has 6 nitrogen and oxygen atoms in total. The molecule has 0 aliphatic carbocycles. The van der Waals surface area contributed by atoms with Crippen molar-refractivity contribution in [1.29, 1.82) is 0 Å². The maximum Gasteiger partial charge on any atom is 0.261 e. The second-order valence-electron chi connectivity index (χ2n) is 6.39. The third-order valence-corrected chi connectivity index (χ3v) is 4.35. The van der Waals surface area contributed by atoms with E-state index in [1.807, 2.05) is 50.5 Å². The summed E-state index contributed by atoms with van der Waals surface area (Å²) < 4.78 is 1.34. The van der Waals surface area contributed by atoms with Crippen molar-refractivity contribution in [2.24, 2.45) is 0 Å². The lowest BCUT2D eigenvalue weighted by Gasteiger charge is -2.25. The molecular weight excluding hydrogens is 328 g/mol. The highest BCUT2D eigenvalue weighted by Gasteiger charge is 2.15.